The minimum atomic E-state index is -0.102. The van der Waals surface area contributed by atoms with Gasteiger partial charge in [-0.05, 0) is 31.9 Å². The molecule has 0 N–H and O–H groups in total. The molecule has 3 aromatic rings. The molecule has 1 fully saturated rings. The number of rotatable bonds is 3. The summed E-state index contributed by atoms with van der Waals surface area (Å²) >= 11 is 1.60. The van der Waals surface area contributed by atoms with Gasteiger partial charge in [-0.1, -0.05) is 28.6 Å². The summed E-state index contributed by atoms with van der Waals surface area (Å²) in [5, 5.41) is 4.50. The molecule has 0 saturated carbocycles. The molecule has 0 bridgehead atoms. The Balaban J connectivity index is 1.40. The van der Waals surface area contributed by atoms with Gasteiger partial charge in [0.05, 0.1) is 15.9 Å². The van der Waals surface area contributed by atoms with E-state index in [4.69, 9.17) is 9.26 Å². The summed E-state index contributed by atoms with van der Waals surface area (Å²) in [6.45, 7) is 7.26. The van der Waals surface area contributed by atoms with E-state index < -0.39 is 0 Å². The highest BCUT2D eigenvalue weighted by Gasteiger charge is 2.27. The van der Waals surface area contributed by atoms with E-state index in [2.05, 4.69) is 36.1 Å². The standard InChI is InChI=1S/C19H21N3O3S/c1-11-4-5-12(2)17-16(11)20-19(26-17)24-14-6-8-22(9-7-14)18(23)15-10-13(3)21-25-15/h4-5,10,14H,6-9H2,1-3H3. The first-order chi connectivity index (χ1) is 12.5. The minimum absolute atomic E-state index is 0.0803. The van der Waals surface area contributed by atoms with Gasteiger partial charge in [0.2, 0.25) is 5.76 Å². The number of carbonyl (C=O) groups excluding carboxylic acids is 1. The molecule has 3 heterocycles. The summed E-state index contributed by atoms with van der Waals surface area (Å²) in [4.78, 5) is 18.9. The van der Waals surface area contributed by atoms with Gasteiger partial charge in [-0.2, -0.15) is 0 Å². The van der Waals surface area contributed by atoms with Crippen molar-refractivity contribution in [3.05, 3.63) is 40.8 Å². The Morgan fingerprint density at radius 2 is 1.96 bits per heavy atom. The Hall–Kier alpha value is -2.41. The lowest BCUT2D eigenvalue weighted by Gasteiger charge is -2.30. The third kappa shape index (κ3) is 3.19. The van der Waals surface area contributed by atoms with Crippen LogP contribution in [0.15, 0.2) is 22.7 Å². The molecular formula is C19H21N3O3S. The van der Waals surface area contributed by atoms with Crippen molar-refractivity contribution in [2.45, 2.75) is 39.7 Å². The fraction of sp³-hybridized carbons (Fsp3) is 0.421. The fourth-order valence-corrected chi connectivity index (χ4v) is 4.26. The number of carbonyl (C=O) groups is 1. The second-order valence-electron chi connectivity index (χ2n) is 6.80. The molecule has 136 valence electrons. The van der Waals surface area contributed by atoms with E-state index in [1.54, 1.807) is 22.3 Å². The van der Waals surface area contributed by atoms with Crippen molar-refractivity contribution < 1.29 is 14.1 Å². The Labute approximate surface area is 155 Å². The molecule has 1 aliphatic heterocycles. The van der Waals surface area contributed by atoms with Crippen LogP contribution in [0.2, 0.25) is 0 Å². The van der Waals surface area contributed by atoms with Gasteiger partial charge in [0, 0.05) is 32.0 Å². The largest absolute Gasteiger partial charge is 0.467 e. The first-order valence-corrected chi connectivity index (χ1v) is 9.59. The molecular weight excluding hydrogens is 350 g/mol. The van der Waals surface area contributed by atoms with Crippen molar-refractivity contribution >= 4 is 27.5 Å². The number of hydrogen-bond donors (Lipinski definition) is 0. The number of thiazole rings is 1. The highest BCUT2D eigenvalue weighted by Crippen LogP contribution is 2.33. The molecule has 1 aromatic carbocycles. The molecule has 1 aliphatic rings. The molecule has 4 rings (SSSR count). The molecule has 0 aliphatic carbocycles. The molecule has 2 aromatic heterocycles. The quantitative estimate of drug-likeness (QED) is 0.699. The normalized spacial score (nSPS) is 15.6. The smallest absolute Gasteiger partial charge is 0.292 e. The Morgan fingerprint density at radius 3 is 2.62 bits per heavy atom. The average molecular weight is 371 g/mol. The number of aryl methyl sites for hydroxylation is 3. The predicted molar refractivity (Wildman–Crippen MR) is 99.9 cm³/mol. The zero-order chi connectivity index (χ0) is 18.3. The maximum absolute atomic E-state index is 12.4. The molecule has 0 radical (unpaired) electrons. The van der Waals surface area contributed by atoms with E-state index in [0.717, 1.165) is 18.4 Å². The lowest BCUT2D eigenvalue weighted by atomic mass is 10.1. The van der Waals surface area contributed by atoms with Crippen LogP contribution in [0.25, 0.3) is 10.2 Å². The molecule has 1 saturated heterocycles. The van der Waals surface area contributed by atoms with Crippen LogP contribution in [0.1, 0.15) is 40.2 Å². The summed E-state index contributed by atoms with van der Waals surface area (Å²) in [7, 11) is 0. The molecule has 6 nitrogen and oxygen atoms in total. The zero-order valence-electron chi connectivity index (χ0n) is 15.1. The SMILES string of the molecule is Cc1cc(C(=O)N2CCC(Oc3nc4c(C)ccc(C)c4s3)CC2)on1. The number of benzene rings is 1. The van der Waals surface area contributed by atoms with Gasteiger partial charge in [-0.25, -0.2) is 4.98 Å². The number of aromatic nitrogens is 2. The molecule has 0 atom stereocenters. The van der Waals surface area contributed by atoms with E-state index in [9.17, 15) is 4.79 Å². The van der Waals surface area contributed by atoms with Crippen LogP contribution >= 0.6 is 11.3 Å². The third-order valence-corrected chi connectivity index (χ3v) is 5.84. The lowest BCUT2D eigenvalue weighted by molar-refractivity contribution is 0.0558. The predicted octanol–water partition coefficient (Wildman–Crippen LogP) is 3.89. The van der Waals surface area contributed by atoms with Crippen LogP contribution in [-0.2, 0) is 0 Å². The monoisotopic (exact) mass is 371 g/mol. The molecule has 7 heteroatoms. The van der Waals surface area contributed by atoms with Gasteiger partial charge < -0.3 is 14.2 Å². The van der Waals surface area contributed by atoms with Crippen LogP contribution in [0.4, 0.5) is 0 Å². The number of ether oxygens (including phenoxy) is 1. The average Bonchev–Trinajstić information content (AvgIpc) is 3.25. The second kappa shape index (κ2) is 6.72. The summed E-state index contributed by atoms with van der Waals surface area (Å²) in [5.74, 6) is 0.203. The summed E-state index contributed by atoms with van der Waals surface area (Å²) < 4.78 is 12.4. The van der Waals surface area contributed by atoms with E-state index in [1.807, 2.05) is 6.92 Å². The number of likely N-dealkylation sites (tertiary alicyclic amines) is 1. The Morgan fingerprint density at radius 1 is 1.23 bits per heavy atom. The van der Waals surface area contributed by atoms with Crippen molar-refractivity contribution in [2.24, 2.45) is 0 Å². The molecule has 1 amide bonds. The van der Waals surface area contributed by atoms with Crippen molar-refractivity contribution in [1.82, 2.24) is 15.0 Å². The summed E-state index contributed by atoms with van der Waals surface area (Å²) in [6, 6.07) is 5.89. The van der Waals surface area contributed by atoms with Gasteiger partial charge in [-0.3, -0.25) is 4.79 Å². The third-order valence-electron chi connectivity index (χ3n) is 4.76. The van der Waals surface area contributed by atoms with Gasteiger partial charge in [0.1, 0.15) is 6.10 Å². The van der Waals surface area contributed by atoms with Gasteiger partial charge in [-0.15, -0.1) is 0 Å². The van der Waals surface area contributed by atoms with Crippen LogP contribution in [0.5, 0.6) is 5.19 Å². The van der Waals surface area contributed by atoms with Gasteiger partial charge >= 0.3 is 0 Å². The fourth-order valence-electron chi connectivity index (χ4n) is 3.23. The number of amides is 1. The van der Waals surface area contributed by atoms with Crippen LogP contribution in [-0.4, -0.2) is 40.1 Å². The van der Waals surface area contributed by atoms with E-state index >= 15 is 0 Å². The van der Waals surface area contributed by atoms with Crippen molar-refractivity contribution in [3.63, 3.8) is 0 Å². The lowest BCUT2D eigenvalue weighted by Crippen LogP contribution is -2.41. The first kappa shape index (κ1) is 17.0. The number of nitrogens with zero attached hydrogens (tertiary/aromatic N) is 3. The van der Waals surface area contributed by atoms with E-state index in [0.29, 0.717) is 29.7 Å². The maximum Gasteiger partial charge on any atom is 0.292 e. The van der Waals surface area contributed by atoms with Crippen molar-refractivity contribution in [2.75, 3.05) is 13.1 Å². The topological polar surface area (TPSA) is 68.5 Å². The number of hydrogen-bond acceptors (Lipinski definition) is 6. The first-order valence-electron chi connectivity index (χ1n) is 8.77. The van der Waals surface area contributed by atoms with Crippen molar-refractivity contribution in [1.29, 1.82) is 0 Å². The van der Waals surface area contributed by atoms with Crippen LogP contribution < -0.4 is 4.74 Å². The highest BCUT2D eigenvalue weighted by molar-refractivity contribution is 7.20. The Kier molecular flexibility index (Phi) is 4.40. The number of piperidine rings is 1. The Bertz CT molecular complexity index is 915. The molecule has 0 unspecified atom stereocenters. The second-order valence-corrected chi connectivity index (χ2v) is 7.76. The zero-order valence-corrected chi connectivity index (χ0v) is 15.9. The number of fused-ring (bicyclic) bond motifs is 1. The van der Waals surface area contributed by atoms with Gasteiger partial charge in [0.25, 0.3) is 11.1 Å². The van der Waals surface area contributed by atoms with E-state index in [-0.39, 0.29) is 12.0 Å². The summed E-state index contributed by atoms with van der Waals surface area (Å²) in [5.41, 5.74) is 4.13. The highest BCUT2D eigenvalue weighted by atomic mass is 32.1. The summed E-state index contributed by atoms with van der Waals surface area (Å²) in [6.07, 6.45) is 1.65. The molecule has 0 spiro atoms. The van der Waals surface area contributed by atoms with E-state index in [1.165, 1.54) is 15.8 Å². The van der Waals surface area contributed by atoms with Gasteiger partial charge in [0.15, 0.2) is 0 Å². The van der Waals surface area contributed by atoms with Crippen LogP contribution in [0.3, 0.4) is 0 Å². The minimum Gasteiger partial charge on any atom is -0.467 e. The van der Waals surface area contributed by atoms with Crippen LogP contribution in [0, 0.1) is 20.8 Å². The molecule has 26 heavy (non-hydrogen) atoms. The van der Waals surface area contributed by atoms with Crippen molar-refractivity contribution in [3.8, 4) is 5.19 Å². The maximum atomic E-state index is 12.4.